The average Bonchev–Trinajstić information content (AvgIpc) is 3.36. The number of hydrogen-bond donors (Lipinski definition) is 1. The summed E-state index contributed by atoms with van der Waals surface area (Å²) < 4.78 is 30.4. The molecule has 0 spiro atoms. The minimum absolute atomic E-state index is 0.00609. The molecule has 1 N–H and O–H groups in total. The van der Waals surface area contributed by atoms with Crippen molar-refractivity contribution in [2.75, 3.05) is 0 Å². The van der Waals surface area contributed by atoms with Crippen LogP contribution in [0.4, 0.5) is 8.78 Å². The molecule has 10 heteroatoms. The minimum Gasteiger partial charge on any atom is -0.378 e. The molecule has 5 aromatic rings. The first kappa shape index (κ1) is 32.6. The summed E-state index contributed by atoms with van der Waals surface area (Å²) in [4.78, 5) is 18.6. The molecular weight excluding hydrogens is 639 g/mol. The molecule has 0 unspecified atom stereocenters. The van der Waals surface area contributed by atoms with Crippen molar-refractivity contribution in [3.8, 4) is 23.0 Å². The van der Waals surface area contributed by atoms with Gasteiger partial charge in [0.2, 0.25) is 0 Å². The molecule has 2 heterocycles. The molecule has 3 aromatic carbocycles. The van der Waals surface area contributed by atoms with Gasteiger partial charge in [-0.2, -0.15) is 5.10 Å². The van der Waals surface area contributed by atoms with Gasteiger partial charge < -0.3 is 5.11 Å². The summed E-state index contributed by atoms with van der Waals surface area (Å²) >= 11 is 19.1. The lowest BCUT2D eigenvalue weighted by molar-refractivity contribution is -0.118. The van der Waals surface area contributed by atoms with E-state index in [9.17, 15) is 18.7 Å². The number of aliphatic hydroxyl groups is 1. The summed E-state index contributed by atoms with van der Waals surface area (Å²) in [6.07, 6.45) is 1.72. The van der Waals surface area contributed by atoms with Gasteiger partial charge in [-0.25, -0.2) is 13.8 Å². The van der Waals surface area contributed by atoms with E-state index in [2.05, 4.69) is 16.9 Å². The highest BCUT2D eigenvalue weighted by molar-refractivity contribution is 6.42. The van der Waals surface area contributed by atoms with Gasteiger partial charge in [-0.05, 0) is 73.7 Å². The Bertz CT molecular complexity index is 1970. The van der Waals surface area contributed by atoms with E-state index in [4.69, 9.17) is 39.8 Å². The third-order valence-electron chi connectivity index (χ3n) is 7.24. The highest BCUT2D eigenvalue weighted by Crippen LogP contribution is 2.38. The lowest BCUT2D eigenvalue weighted by Crippen LogP contribution is -2.16. The maximum atomic E-state index is 14.3. The monoisotopic (exact) mass is 665 g/mol. The number of carbonyl (C=O) groups is 1. The van der Waals surface area contributed by atoms with Crippen LogP contribution in [0.2, 0.25) is 15.1 Å². The zero-order valence-corrected chi connectivity index (χ0v) is 26.9. The minimum atomic E-state index is -1.28. The Morgan fingerprint density at radius 2 is 1.71 bits per heavy atom. The third kappa shape index (κ3) is 7.71. The summed E-state index contributed by atoms with van der Waals surface area (Å²) in [6.45, 7) is 3.12. The van der Waals surface area contributed by atoms with Crippen molar-refractivity contribution in [2.45, 2.75) is 44.6 Å². The van der Waals surface area contributed by atoms with E-state index < -0.39 is 23.2 Å². The van der Waals surface area contributed by atoms with Crippen molar-refractivity contribution in [3.63, 3.8) is 0 Å². The van der Waals surface area contributed by atoms with Crippen LogP contribution in [-0.4, -0.2) is 31.3 Å². The van der Waals surface area contributed by atoms with Gasteiger partial charge in [-0.15, -0.1) is 0 Å². The van der Waals surface area contributed by atoms with Gasteiger partial charge >= 0.3 is 0 Å². The third-order valence-corrected chi connectivity index (χ3v) is 8.43. The fourth-order valence-corrected chi connectivity index (χ4v) is 5.89. The van der Waals surface area contributed by atoms with Crippen LogP contribution in [0.25, 0.3) is 22.0 Å². The molecule has 5 rings (SSSR count). The number of pyridine rings is 1. The van der Waals surface area contributed by atoms with Gasteiger partial charge in [0.1, 0.15) is 28.7 Å². The number of aryl methyl sites for hydroxylation is 1. The molecule has 5 nitrogen and oxygen atoms in total. The number of Topliss-reactive ketones (excluding diaryl/α,β-unsaturated/α-hetero) is 1. The average molecular weight is 667 g/mol. The summed E-state index contributed by atoms with van der Waals surface area (Å²) in [6, 6.07) is 15.5. The second-order valence-electron chi connectivity index (χ2n) is 11.4. The van der Waals surface area contributed by atoms with Gasteiger partial charge in [0.05, 0.1) is 32.5 Å². The molecular formula is C35H28Cl3F2N3O2. The molecule has 2 aromatic heterocycles. The number of benzene rings is 3. The van der Waals surface area contributed by atoms with Crippen LogP contribution in [0.3, 0.4) is 0 Å². The van der Waals surface area contributed by atoms with Gasteiger partial charge in [-0.1, -0.05) is 58.9 Å². The molecule has 0 amide bonds. The first-order valence-corrected chi connectivity index (χ1v) is 15.2. The van der Waals surface area contributed by atoms with E-state index in [0.29, 0.717) is 43.1 Å². The highest BCUT2D eigenvalue weighted by Gasteiger charge is 2.25. The Hall–Kier alpha value is -3.80. The zero-order chi connectivity index (χ0) is 32.5. The first-order valence-electron chi connectivity index (χ1n) is 14.1. The summed E-state index contributed by atoms with van der Waals surface area (Å²) in [5, 5.41) is 16.5. The van der Waals surface area contributed by atoms with Crippen LogP contribution in [0, 0.1) is 23.5 Å². The number of fused-ring (bicyclic) bond motifs is 1. The SMILES string of the molecule is Cn1ncc2c(Cl)ccc(-c3ccc(C#CC(C)(C)O)nc3[C@@H](CC(=O)Cc3cccc(Cl)c3Cl)Cc3cc(F)cc(F)c3)c21. The summed E-state index contributed by atoms with van der Waals surface area (Å²) in [7, 11) is 1.80. The number of nitrogens with zero attached hydrogens (tertiary/aromatic N) is 3. The first-order chi connectivity index (χ1) is 21.3. The molecule has 0 aliphatic rings. The predicted molar refractivity (Wildman–Crippen MR) is 175 cm³/mol. The number of hydrogen-bond acceptors (Lipinski definition) is 4. The summed E-state index contributed by atoms with van der Waals surface area (Å²) in [5.41, 5.74) is 2.65. The van der Waals surface area contributed by atoms with Gasteiger partial charge in [0.15, 0.2) is 0 Å². The second-order valence-corrected chi connectivity index (χ2v) is 12.6. The standard InChI is InChI=1S/C35H28Cl3F2N3O2/c1-35(2,45)12-11-25-7-8-27(28-9-10-30(36)29-19-41-43(3)34(28)29)33(42-25)22(13-20-14-23(39)18-24(40)15-20)17-26(44)16-21-5-4-6-31(37)32(21)38/h4-10,14-15,18-19,22,45H,13,16-17H2,1-3H3/t22-/m1/s1. The van der Waals surface area contributed by atoms with Crippen LogP contribution >= 0.6 is 34.8 Å². The molecule has 0 saturated heterocycles. The van der Waals surface area contributed by atoms with E-state index in [1.165, 1.54) is 12.1 Å². The van der Waals surface area contributed by atoms with Crippen molar-refractivity contribution in [1.29, 1.82) is 0 Å². The Labute approximate surface area is 274 Å². The highest BCUT2D eigenvalue weighted by atomic mass is 35.5. The Kier molecular flexibility index (Phi) is 9.62. The van der Waals surface area contributed by atoms with E-state index >= 15 is 0 Å². The quantitative estimate of drug-likeness (QED) is 0.169. The van der Waals surface area contributed by atoms with E-state index in [0.717, 1.165) is 22.5 Å². The Morgan fingerprint density at radius 1 is 1.00 bits per heavy atom. The number of halogens is 5. The molecule has 1 atom stereocenters. The van der Waals surface area contributed by atoms with Crippen molar-refractivity contribution >= 4 is 51.5 Å². The molecule has 0 bridgehead atoms. The van der Waals surface area contributed by atoms with Gasteiger partial charge in [-0.3, -0.25) is 9.48 Å². The topological polar surface area (TPSA) is 68.0 Å². The number of aromatic nitrogens is 3. The van der Waals surface area contributed by atoms with Crippen molar-refractivity contribution in [2.24, 2.45) is 7.05 Å². The van der Waals surface area contributed by atoms with E-state index in [-0.39, 0.29) is 25.0 Å². The second kappa shape index (κ2) is 13.3. The molecule has 45 heavy (non-hydrogen) atoms. The molecule has 0 fully saturated rings. The van der Waals surface area contributed by atoms with Crippen molar-refractivity contribution < 1.29 is 18.7 Å². The van der Waals surface area contributed by atoms with Gasteiger partial charge in [0.25, 0.3) is 0 Å². The molecule has 0 saturated carbocycles. The zero-order valence-electron chi connectivity index (χ0n) is 24.6. The Balaban J connectivity index is 1.69. The fraction of sp³-hybridized carbons (Fsp3) is 0.229. The number of rotatable bonds is 8. The normalized spacial score (nSPS) is 12.2. The van der Waals surface area contributed by atoms with Crippen LogP contribution in [0.1, 0.15) is 48.7 Å². The van der Waals surface area contributed by atoms with Crippen LogP contribution in [-0.2, 0) is 24.7 Å². The van der Waals surface area contributed by atoms with Crippen LogP contribution < -0.4 is 0 Å². The molecule has 230 valence electrons. The lowest BCUT2D eigenvalue weighted by atomic mass is 9.85. The smallest absolute Gasteiger partial charge is 0.138 e. The summed E-state index contributed by atoms with van der Waals surface area (Å²) in [5.74, 6) is 3.41. The largest absolute Gasteiger partial charge is 0.378 e. The van der Waals surface area contributed by atoms with Crippen molar-refractivity contribution in [3.05, 3.63) is 116 Å². The van der Waals surface area contributed by atoms with Crippen LogP contribution in [0.5, 0.6) is 0 Å². The molecule has 0 aliphatic carbocycles. The number of ketones is 1. The molecule has 0 radical (unpaired) electrons. The number of carbonyl (C=O) groups excluding carboxylic acids is 1. The van der Waals surface area contributed by atoms with Crippen molar-refractivity contribution in [1.82, 2.24) is 14.8 Å². The van der Waals surface area contributed by atoms with Gasteiger partial charge in [0, 0.05) is 48.4 Å². The maximum Gasteiger partial charge on any atom is 0.138 e. The van der Waals surface area contributed by atoms with E-state index in [1.54, 1.807) is 62.1 Å². The van der Waals surface area contributed by atoms with E-state index in [1.807, 2.05) is 12.1 Å². The fourth-order valence-electron chi connectivity index (χ4n) is 5.30. The Morgan fingerprint density at radius 3 is 2.42 bits per heavy atom. The lowest BCUT2D eigenvalue weighted by Gasteiger charge is -2.21. The predicted octanol–water partition coefficient (Wildman–Crippen LogP) is 8.52. The van der Waals surface area contributed by atoms with Crippen LogP contribution in [0.15, 0.2) is 66.9 Å². The molecule has 0 aliphatic heterocycles. The maximum absolute atomic E-state index is 14.3.